The van der Waals surface area contributed by atoms with E-state index < -0.39 is 5.97 Å². The highest BCUT2D eigenvalue weighted by atomic mass is 16.4. The van der Waals surface area contributed by atoms with E-state index >= 15 is 0 Å². The molecule has 1 aromatic heterocycles. The number of carbonyl (C=O) groups excluding carboxylic acids is 1. The number of hydrogen-bond donors (Lipinski definition) is 2. The Bertz CT molecular complexity index is 458. The normalized spacial score (nSPS) is 19.9. The number of carbonyl (C=O) groups is 2. The van der Waals surface area contributed by atoms with Gasteiger partial charge in [-0.1, -0.05) is 0 Å². The first-order chi connectivity index (χ1) is 9.56. The van der Waals surface area contributed by atoms with Crippen LogP contribution in [0, 0.1) is 5.92 Å². The Morgan fingerprint density at radius 1 is 1.60 bits per heavy atom. The lowest BCUT2D eigenvalue weighted by atomic mass is 10.0. The van der Waals surface area contributed by atoms with Crippen LogP contribution < -0.4 is 5.32 Å². The van der Waals surface area contributed by atoms with E-state index in [0.29, 0.717) is 19.5 Å². The summed E-state index contributed by atoms with van der Waals surface area (Å²) in [6, 6.07) is 3.32. The van der Waals surface area contributed by atoms with Crippen LogP contribution >= 0.6 is 0 Å². The van der Waals surface area contributed by atoms with Crippen LogP contribution in [0.25, 0.3) is 0 Å². The predicted octanol–water partition coefficient (Wildman–Crippen LogP) is 2.24. The van der Waals surface area contributed by atoms with E-state index in [1.165, 1.54) is 0 Å². The van der Waals surface area contributed by atoms with Gasteiger partial charge in [0.25, 0.3) is 0 Å². The van der Waals surface area contributed by atoms with E-state index in [2.05, 4.69) is 5.32 Å². The highest BCUT2D eigenvalue weighted by Crippen LogP contribution is 2.22. The molecular formula is C14H20N2O4. The molecular weight excluding hydrogens is 260 g/mol. The van der Waals surface area contributed by atoms with Gasteiger partial charge >= 0.3 is 12.0 Å². The number of carboxylic acid groups (broad SMARTS) is 1. The minimum Gasteiger partial charge on any atom is -0.481 e. The van der Waals surface area contributed by atoms with Gasteiger partial charge in [0.05, 0.1) is 12.3 Å². The van der Waals surface area contributed by atoms with Crippen molar-refractivity contribution >= 4 is 12.0 Å². The molecule has 0 bridgehead atoms. The van der Waals surface area contributed by atoms with Gasteiger partial charge in [-0.05, 0) is 37.8 Å². The number of carboxylic acids is 1. The minimum absolute atomic E-state index is 0.119. The summed E-state index contributed by atoms with van der Waals surface area (Å²) < 4.78 is 5.25. The number of furan rings is 1. The average Bonchev–Trinajstić information content (AvgIpc) is 3.07. The molecule has 20 heavy (non-hydrogen) atoms. The van der Waals surface area contributed by atoms with E-state index in [1.807, 2.05) is 13.0 Å². The van der Waals surface area contributed by atoms with Gasteiger partial charge in [0.15, 0.2) is 0 Å². The van der Waals surface area contributed by atoms with Crippen molar-refractivity contribution in [1.29, 1.82) is 0 Å². The van der Waals surface area contributed by atoms with Gasteiger partial charge in [-0.2, -0.15) is 0 Å². The molecule has 0 aromatic carbocycles. The Morgan fingerprint density at radius 2 is 2.40 bits per heavy atom. The van der Waals surface area contributed by atoms with Crippen LogP contribution in [-0.2, 0) is 4.79 Å². The van der Waals surface area contributed by atoms with Crippen molar-refractivity contribution in [3.8, 4) is 0 Å². The zero-order valence-electron chi connectivity index (χ0n) is 11.5. The third kappa shape index (κ3) is 3.76. The van der Waals surface area contributed by atoms with Crippen LogP contribution in [0.1, 0.15) is 38.0 Å². The zero-order chi connectivity index (χ0) is 14.5. The molecule has 110 valence electrons. The van der Waals surface area contributed by atoms with Gasteiger partial charge in [-0.3, -0.25) is 4.79 Å². The van der Waals surface area contributed by atoms with Gasteiger partial charge in [-0.25, -0.2) is 4.79 Å². The van der Waals surface area contributed by atoms with Crippen molar-refractivity contribution in [2.45, 2.75) is 32.2 Å². The first-order valence-electron chi connectivity index (χ1n) is 6.87. The number of rotatable bonds is 5. The first kappa shape index (κ1) is 14.4. The molecule has 1 fully saturated rings. The number of likely N-dealkylation sites (tertiary alicyclic amines) is 1. The molecule has 6 heteroatoms. The summed E-state index contributed by atoms with van der Waals surface area (Å²) in [5, 5.41) is 11.6. The lowest BCUT2D eigenvalue weighted by Gasteiger charge is -2.20. The molecule has 1 aliphatic rings. The Kier molecular flexibility index (Phi) is 4.65. The summed E-state index contributed by atoms with van der Waals surface area (Å²) >= 11 is 0. The highest BCUT2D eigenvalue weighted by Gasteiger charge is 2.27. The molecule has 0 aliphatic carbocycles. The Morgan fingerprint density at radius 3 is 3.05 bits per heavy atom. The van der Waals surface area contributed by atoms with Crippen LogP contribution in [0.4, 0.5) is 4.79 Å². The van der Waals surface area contributed by atoms with E-state index in [1.54, 1.807) is 17.2 Å². The second-order valence-corrected chi connectivity index (χ2v) is 5.22. The van der Waals surface area contributed by atoms with Gasteiger partial charge in [0.1, 0.15) is 5.76 Å². The fourth-order valence-corrected chi connectivity index (χ4v) is 2.47. The van der Waals surface area contributed by atoms with Crippen LogP contribution in [0.2, 0.25) is 0 Å². The molecule has 2 N–H and O–H groups in total. The first-order valence-corrected chi connectivity index (χ1v) is 6.87. The van der Waals surface area contributed by atoms with Crippen molar-refractivity contribution in [2.75, 3.05) is 13.1 Å². The van der Waals surface area contributed by atoms with E-state index in [-0.39, 0.29) is 24.4 Å². The van der Waals surface area contributed by atoms with E-state index in [0.717, 1.165) is 12.2 Å². The van der Waals surface area contributed by atoms with Crippen molar-refractivity contribution in [1.82, 2.24) is 10.2 Å². The molecule has 0 spiro atoms. The monoisotopic (exact) mass is 280 g/mol. The zero-order valence-corrected chi connectivity index (χ0v) is 11.5. The fourth-order valence-electron chi connectivity index (χ4n) is 2.47. The lowest BCUT2D eigenvalue weighted by Crippen LogP contribution is -2.39. The van der Waals surface area contributed by atoms with Gasteiger partial charge in [0.2, 0.25) is 0 Å². The van der Waals surface area contributed by atoms with Crippen LogP contribution in [-0.4, -0.2) is 35.1 Å². The topological polar surface area (TPSA) is 82.8 Å². The molecule has 6 nitrogen and oxygen atoms in total. The maximum Gasteiger partial charge on any atom is 0.317 e. The molecule has 1 saturated heterocycles. The third-order valence-electron chi connectivity index (χ3n) is 3.65. The van der Waals surface area contributed by atoms with Crippen LogP contribution in [0.15, 0.2) is 22.8 Å². The van der Waals surface area contributed by atoms with Crippen molar-refractivity contribution in [3.05, 3.63) is 24.2 Å². The highest BCUT2D eigenvalue weighted by molar-refractivity contribution is 5.75. The number of hydrogen-bond acceptors (Lipinski definition) is 3. The molecule has 2 amide bonds. The average molecular weight is 280 g/mol. The summed E-state index contributed by atoms with van der Waals surface area (Å²) in [4.78, 5) is 24.4. The fraction of sp³-hybridized carbons (Fsp3) is 0.571. The largest absolute Gasteiger partial charge is 0.481 e. The van der Waals surface area contributed by atoms with Gasteiger partial charge in [0, 0.05) is 19.5 Å². The van der Waals surface area contributed by atoms with Gasteiger partial charge in [-0.15, -0.1) is 0 Å². The molecule has 2 heterocycles. The molecule has 2 atom stereocenters. The summed E-state index contributed by atoms with van der Waals surface area (Å²) in [6.07, 6.45) is 3.25. The summed E-state index contributed by atoms with van der Waals surface area (Å²) in [7, 11) is 0. The standard InChI is InChI=1S/C14H20N2O4/c1-10(12-3-2-8-20-12)15-14(19)16-7-6-11(9-16)4-5-13(17)18/h2-3,8,10-11H,4-7,9H2,1H3,(H,15,19)(H,17,18). The maximum atomic E-state index is 12.1. The Balaban J connectivity index is 1.78. The van der Waals surface area contributed by atoms with Crippen molar-refractivity contribution < 1.29 is 19.1 Å². The Labute approximate surface area is 117 Å². The molecule has 1 aliphatic heterocycles. The van der Waals surface area contributed by atoms with Crippen molar-refractivity contribution in [2.24, 2.45) is 5.92 Å². The summed E-state index contributed by atoms with van der Waals surface area (Å²) in [5.41, 5.74) is 0. The number of nitrogens with one attached hydrogen (secondary N) is 1. The SMILES string of the molecule is CC(NC(=O)N1CCC(CCC(=O)O)C1)c1ccco1. The lowest BCUT2D eigenvalue weighted by molar-refractivity contribution is -0.137. The maximum absolute atomic E-state index is 12.1. The predicted molar refractivity (Wildman–Crippen MR) is 72.2 cm³/mol. The van der Waals surface area contributed by atoms with E-state index in [4.69, 9.17) is 9.52 Å². The smallest absolute Gasteiger partial charge is 0.317 e. The summed E-state index contributed by atoms with van der Waals surface area (Å²) in [6.45, 7) is 3.18. The van der Waals surface area contributed by atoms with Gasteiger partial charge < -0.3 is 19.7 Å². The van der Waals surface area contributed by atoms with Crippen LogP contribution in [0.5, 0.6) is 0 Å². The molecule has 2 rings (SSSR count). The van der Waals surface area contributed by atoms with Crippen LogP contribution in [0.3, 0.4) is 0 Å². The molecule has 1 aromatic rings. The number of nitrogens with zero attached hydrogens (tertiary/aromatic N) is 1. The number of aliphatic carboxylic acids is 1. The van der Waals surface area contributed by atoms with E-state index in [9.17, 15) is 9.59 Å². The number of urea groups is 1. The number of amides is 2. The molecule has 2 unspecified atom stereocenters. The summed E-state index contributed by atoms with van der Waals surface area (Å²) in [5.74, 6) is 0.232. The quantitative estimate of drug-likeness (QED) is 0.866. The molecule has 0 radical (unpaired) electrons. The Hall–Kier alpha value is -1.98. The minimum atomic E-state index is -0.778. The second kappa shape index (κ2) is 6.45. The molecule has 0 saturated carbocycles. The third-order valence-corrected chi connectivity index (χ3v) is 3.65. The second-order valence-electron chi connectivity index (χ2n) is 5.22. The van der Waals surface area contributed by atoms with Crippen molar-refractivity contribution in [3.63, 3.8) is 0 Å².